The van der Waals surface area contributed by atoms with Crippen LogP contribution >= 0.6 is 0 Å². The number of Topliss-reactive ketones (excluding diaryl/α,β-unsaturated/α-hetero) is 1. The quantitative estimate of drug-likeness (QED) is 0.328. The molecule has 0 amide bonds. The molecule has 6 N–H and O–H groups in total. The molecule has 5 rings (SSSR count). The maximum absolute atomic E-state index is 13.3. The number of ketones is 3. The van der Waals surface area contributed by atoms with Crippen LogP contribution in [0.25, 0.3) is 0 Å². The van der Waals surface area contributed by atoms with Gasteiger partial charge in [-0.05, 0) is 13.8 Å². The standard InChI is InChI=1S/C26H27NO9/c1-10-21(29)15(27)7-17(35-10)36-16-9-26(34,11(2)28)8-14-18(16)25(33)20-19(24(14)32)22(30)12-5-3-4-6-13(12)23(20)31/h3-6,10,15-17,21,29,32-34H,7-9,27H2,1-2H3/t10-,15-,16+,17+,21-,26+/m1/s1. The summed E-state index contributed by atoms with van der Waals surface area (Å²) in [5.74, 6) is -3.06. The van der Waals surface area contributed by atoms with Crippen molar-refractivity contribution in [1.82, 2.24) is 0 Å². The molecule has 36 heavy (non-hydrogen) atoms. The smallest absolute Gasteiger partial charge is 0.198 e. The van der Waals surface area contributed by atoms with Gasteiger partial charge in [0.25, 0.3) is 0 Å². The predicted molar refractivity (Wildman–Crippen MR) is 124 cm³/mol. The zero-order valence-corrected chi connectivity index (χ0v) is 19.7. The number of hydrogen-bond acceptors (Lipinski definition) is 10. The number of rotatable bonds is 3. The van der Waals surface area contributed by atoms with Crippen molar-refractivity contribution < 1.29 is 44.3 Å². The first-order valence-corrected chi connectivity index (χ1v) is 11.7. The van der Waals surface area contributed by atoms with Gasteiger partial charge in [0.1, 0.15) is 17.1 Å². The van der Waals surface area contributed by atoms with Gasteiger partial charge in [0.15, 0.2) is 23.6 Å². The van der Waals surface area contributed by atoms with E-state index in [4.69, 9.17) is 15.2 Å². The van der Waals surface area contributed by atoms with E-state index in [0.29, 0.717) is 0 Å². The zero-order chi connectivity index (χ0) is 26.1. The van der Waals surface area contributed by atoms with Crippen LogP contribution in [0.5, 0.6) is 11.5 Å². The molecule has 0 unspecified atom stereocenters. The molecular formula is C26H27NO9. The molecule has 1 fully saturated rings. The summed E-state index contributed by atoms with van der Waals surface area (Å²) in [5, 5.41) is 43.8. The molecular weight excluding hydrogens is 470 g/mol. The number of phenolic OH excluding ortho intramolecular Hbond substituents is 2. The van der Waals surface area contributed by atoms with Crippen LogP contribution in [0, 0.1) is 0 Å². The minimum absolute atomic E-state index is 0.00588. The second-order valence-corrected chi connectivity index (χ2v) is 9.80. The number of aliphatic hydroxyl groups excluding tert-OH is 1. The van der Waals surface area contributed by atoms with Gasteiger partial charge in [-0.15, -0.1) is 0 Å². The largest absolute Gasteiger partial charge is 0.507 e. The lowest BCUT2D eigenvalue weighted by molar-refractivity contribution is -0.247. The number of nitrogens with two attached hydrogens (primary N) is 1. The number of ether oxygens (including phenoxy) is 2. The molecule has 3 aliphatic rings. The third-order valence-corrected chi connectivity index (χ3v) is 7.50. The Labute approximate surface area is 206 Å². The summed E-state index contributed by atoms with van der Waals surface area (Å²) in [7, 11) is 0. The first-order valence-electron chi connectivity index (χ1n) is 11.7. The third-order valence-electron chi connectivity index (χ3n) is 7.50. The molecule has 2 aromatic rings. The number of hydrogen-bond donors (Lipinski definition) is 5. The number of aromatic hydroxyl groups is 2. The molecule has 10 heteroatoms. The van der Waals surface area contributed by atoms with Crippen molar-refractivity contribution in [1.29, 1.82) is 0 Å². The van der Waals surface area contributed by atoms with E-state index in [0.717, 1.165) is 0 Å². The summed E-state index contributed by atoms with van der Waals surface area (Å²) >= 11 is 0. The Morgan fingerprint density at radius 3 is 2.25 bits per heavy atom. The highest BCUT2D eigenvalue weighted by Gasteiger charge is 2.49. The van der Waals surface area contributed by atoms with E-state index >= 15 is 0 Å². The Bertz CT molecular complexity index is 1290. The van der Waals surface area contributed by atoms with Gasteiger partial charge in [0.2, 0.25) is 0 Å². The molecule has 1 heterocycles. The summed E-state index contributed by atoms with van der Waals surface area (Å²) < 4.78 is 11.8. The van der Waals surface area contributed by atoms with Crippen LogP contribution < -0.4 is 5.73 Å². The van der Waals surface area contributed by atoms with Crippen molar-refractivity contribution in [3.8, 4) is 11.5 Å². The van der Waals surface area contributed by atoms with Gasteiger partial charge < -0.3 is 35.6 Å². The highest BCUT2D eigenvalue weighted by Crippen LogP contribution is 2.51. The monoisotopic (exact) mass is 497 g/mol. The van der Waals surface area contributed by atoms with Gasteiger partial charge >= 0.3 is 0 Å². The Hall–Kier alpha value is -3.15. The highest BCUT2D eigenvalue weighted by molar-refractivity contribution is 6.30. The lowest BCUT2D eigenvalue weighted by Crippen LogP contribution is -2.52. The first kappa shape index (κ1) is 24.5. The van der Waals surface area contributed by atoms with Crippen LogP contribution in [0.3, 0.4) is 0 Å². The number of phenols is 2. The minimum Gasteiger partial charge on any atom is -0.507 e. The van der Waals surface area contributed by atoms with Crippen molar-refractivity contribution in [2.45, 2.75) is 69.4 Å². The molecule has 10 nitrogen and oxygen atoms in total. The summed E-state index contributed by atoms with van der Waals surface area (Å²) in [5.41, 5.74) is 3.38. The van der Waals surface area contributed by atoms with Gasteiger partial charge in [-0.3, -0.25) is 14.4 Å². The van der Waals surface area contributed by atoms with Crippen molar-refractivity contribution in [3.63, 3.8) is 0 Å². The SMILES string of the molecule is CC(=O)[C@]1(O)Cc2c(O)c3c(c(O)c2[C@@H](O[C@H]2C[C@@H](N)[C@H](O)[C@@H](C)O2)C1)C(=O)c1ccccc1C3=O. The predicted octanol–water partition coefficient (Wildman–Crippen LogP) is 1.02. The molecule has 1 saturated heterocycles. The van der Waals surface area contributed by atoms with Crippen LogP contribution in [0.15, 0.2) is 24.3 Å². The number of fused-ring (bicyclic) bond motifs is 3. The number of benzene rings is 2. The summed E-state index contributed by atoms with van der Waals surface area (Å²) in [6.07, 6.45) is -4.38. The van der Waals surface area contributed by atoms with E-state index in [1.807, 2.05) is 0 Å². The Kier molecular flexibility index (Phi) is 5.77. The van der Waals surface area contributed by atoms with Crippen molar-refractivity contribution in [3.05, 3.63) is 57.6 Å². The zero-order valence-electron chi connectivity index (χ0n) is 19.7. The van der Waals surface area contributed by atoms with Crippen LogP contribution in [0.2, 0.25) is 0 Å². The Balaban J connectivity index is 1.66. The van der Waals surface area contributed by atoms with E-state index in [-0.39, 0.29) is 46.2 Å². The average Bonchev–Trinajstić information content (AvgIpc) is 2.82. The van der Waals surface area contributed by atoms with Gasteiger partial charge in [-0.25, -0.2) is 0 Å². The van der Waals surface area contributed by atoms with E-state index < -0.39 is 71.5 Å². The molecule has 2 aromatic carbocycles. The van der Waals surface area contributed by atoms with Gasteiger partial charge in [0, 0.05) is 47.6 Å². The number of aliphatic hydroxyl groups is 2. The minimum atomic E-state index is -1.97. The van der Waals surface area contributed by atoms with Crippen molar-refractivity contribution >= 4 is 17.3 Å². The third kappa shape index (κ3) is 3.56. The van der Waals surface area contributed by atoms with E-state index in [9.17, 15) is 34.8 Å². The average molecular weight is 498 g/mol. The molecule has 2 aliphatic carbocycles. The number of carbonyl (C=O) groups excluding carboxylic acids is 3. The molecule has 1 aliphatic heterocycles. The van der Waals surface area contributed by atoms with E-state index in [2.05, 4.69) is 0 Å². The molecule has 0 aromatic heterocycles. The summed E-state index contributed by atoms with van der Waals surface area (Å²) in [6.45, 7) is 2.80. The van der Waals surface area contributed by atoms with Gasteiger partial charge in [-0.2, -0.15) is 0 Å². The molecule has 190 valence electrons. The molecule has 0 bridgehead atoms. The topological polar surface area (TPSA) is 177 Å². The highest BCUT2D eigenvalue weighted by atomic mass is 16.7. The lowest BCUT2D eigenvalue weighted by Gasteiger charge is -2.42. The maximum Gasteiger partial charge on any atom is 0.198 e. The fourth-order valence-electron chi connectivity index (χ4n) is 5.42. The van der Waals surface area contributed by atoms with Crippen LogP contribution in [0.1, 0.15) is 75.8 Å². The molecule has 6 atom stereocenters. The molecule has 0 radical (unpaired) electrons. The van der Waals surface area contributed by atoms with Gasteiger partial charge in [-0.1, -0.05) is 24.3 Å². The van der Waals surface area contributed by atoms with E-state index in [1.165, 1.54) is 19.1 Å². The first-order chi connectivity index (χ1) is 16.9. The fourth-order valence-corrected chi connectivity index (χ4v) is 5.42. The van der Waals surface area contributed by atoms with Crippen LogP contribution in [-0.4, -0.2) is 67.9 Å². The van der Waals surface area contributed by atoms with Gasteiger partial charge in [0.05, 0.1) is 29.4 Å². The van der Waals surface area contributed by atoms with E-state index in [1.54, 1.807) is 19.1 Å². The van der Waals surface area contributed by atoms with Crippen molar-refractivity contribution in [2.24, 2.45) is 5.73 Å². The number of carbonyl (C=O) groups is 3. The molecule has 0 spiro atoms. The summed E-state index contributed by atoms with van der Waals surface area (Å²) in [6, 6.07) is 5.40. The normalized spacial score (nSPS) is 31.4. The van der Waals surface area contributed by atoms with Crippen LogP contribution in [-0.2, 0) is 20.7 Å². The summed E-state index contributed by atoms with van der Waals surface area (Å²) in [4.78, 5) is 39.0. The maximum atomic E-state index is 13.3. The Morgan fingerprint density at radius 2 is 1.69 bits per heavy atom. The Morgan fingerprint density at radius 1 is 1.11 bits per heavy atom. The fraction of sp³-hybridized carbons (Fsp3) is 0.423. The van der Waals surface area contributed by atoms with Crippen molar-refractivity contribution in [2.75, 3.05) is 0 Å². The second kappa shape index (κ2) is 8.46. The van der Waals surface area contributed by atoms with Crippen LogP contribution in [0.4, 0.5) is 0 Å². The molecule has 0 saturated carbocycles. The second-order valence-electron chi connectivity index (χ2n) is 9.80. The lowest BCUT2D eigenvalue weighted by atomic mass is 9.72.